The van der Waals surface area contributed by atoms with E-state index in [1.807, 2.05) is 31.2 Å². The van der Waals surface area contributed by atoms with Gasteiger partial charge < -0.3 is 28.8 Å². The first-order valence-electron chi connectivity index (χ1n) is 13.7. The van der Waals surface area contributed by atoms with E-state index in [9.17, 15) is 29.1 Å². The lowest BCUT2D eigenvalue weighted by Crippen LogP contribution is -2.59. The molecule has 0 bridgehead atoms. The summed E-state index contributed by atoms with van der Waals surface area (Å²) >= 11 is 1.56. The predicted molar refractivity (Wildman–Crippen MR) is 157 cm³/mol. The molecule has 1 aliphatic heterocycles. The molecule has 4 rings (SSSR count). The minimum Gasteiger partial charge on any atom is -0.478 e. The van der Waals surface area contributed by atoms with Gasteiger partial charge in [-0.1, -0.05) is 30.3 Å². The third-order valence-corrected chi connectivity index (χ3v) is 7.96. The quantitative estimate of drug-likeness (QED) is 0.259. The van der Waals surface area contributed by atoms with Gasteiger partial charge in [-0.3, -0.25) is 19.2 Å². The van der Waals surface area contributed by atoms with Gasteiger partial charge in [0.05, 0.1) is 5.56 Å². The number of aryl methyl sites for hydroxylation is 1. The maximum atomic E-state index is 12.2. The van der Waals surface area contributed by atoms with E-state index in [4.69, 9.17) is 23.7 Å². The summed E-state index contributed by atoms with van der Waals surface area (Å²) in [6.45, 7) is 6.58. The zero-order valence-electron chi connectivity index (χ0n) is 24.7. The van der Waals surface area contributed by atoms with Gasteiger partial charge in [-0.2, -0.15) is 0 Å². The molecule has 2 heterocycles. The van der Waals surface area contributed by atoms with Crippen molar-refractivity contribution in [3.05, 3.63) is 81.7 Å². The fourth-order valence-corrected chi connectivity index (χ4v) is 5.99. The Bertz CT molecular complexity index is 1560. The maximum Gasteiger partial charge on any atom is 0.335 e. The molecule has 0 aliphatic carbocycles. The average Bonchev–Trinajstić information content (AvgIpc) is 3.40. The molecule has 2 aromatic carbocycles. The number of benzene rings is 2. The van der Waals surface area contributed by atoms with E-state index >= 15 is 0 Å². The monoisotopic (exact) mass is 624 g/mol. The van der Waals surface area contributed by atoms with Crippen LogP contribution < -0.4 is 0 Å². The summed E-state index contributed by atoms with van der Waals surface area (Å²) in [5.74, 6) is -3.89. The van der Waals surface area contributed by atoms with Crippen LogP contribution in [0.4, 0.5) is 0 Å². The van der Waals surface area contributed by atoms with Crippen LogP contribution in [-0.2, 0) is 49.3 Å². The third kappa shape index (κ3) is 7.88. The normalized spacial score (nSPS) is 21.2. The van der Waals surface area contributed by atoms with Crippen molar-refractivity contribution in [3.8, 4) is 10.4 Å². The summed E-state index contributed by atoms with van der Waals surface area (Å²) in [5.41, 5.74) is 3.55. The number of hydrogen-bond donors (Lipinski definition) is 1. The number of carboxylic acids is 1. The van der Waals surface area contributed by atoms with Gasteiger partial charge in [0.2, 0.25) is 12.4 Å². The molecule has 44 heavy (non-hydrogen) atoms. The minimum atomic E-state index is -1.46. The molecule has 5 atom stereocenters. The molecule has 232 valence electrons. The van der Waals surface area contributed by atoms with Gasteiger partial charge in [0.25, 0.3) is 0 Å². The summed E-state index contributed by atoms with van der Waals surface area (Å²) < 4.78 is 27.9. The van der Waals surface area contributed by atoms with Crippen molar-refractivity contribution in [2.75, 3.05) is 0 Å². The summed E-state index contributed by atoms with van der Waals surface area (Å²) in [6.07, 6.45) is -5.98. The van der Waals surface area contributed by atoms with E-state index in [1.165, 1.54) is 6.92 Å². The topological polar surface area (TPSA) is 152 Å². The van der Waals surface area contributed by atoms with Gasteiger partial charge in [0.15, 0.2) is 12.2 Å². The molecule has 0 spiro atoms. The third-order valence-electron chi connectivity index (χ3n) is 6.83. The van der Waals surface area contributed by atoms with Crippen molar-refractivity contribution in [3.63, 3.8) is 0 Å². The van der Waals surface area contributed by atoms with Crippen molar-refractivity contribution in [1.82, 2.24) is 0 Å². The zero-order valence-corrected chi connectivity index (χ0v) is 25.5. The first-order valence-corrected chi connectivity index (χ1v) is 14.5. The molecular formula is C32H32O11S. The van der Waals surface area contributed by atoms with Crippen molar-refractivity contribution < 1.29 is 52.8 Å². The van der Waals surface area contributed by atoms with Crippen molar-refractivity contribution in [2.45, 2.75) is 71.7 Å². The highest BCUT2D eigenvalue weighted by molar-refractivity contribution is 7.15. The predicted octanol–water partition coefficient (Wildman–Crippen LogP) is 4.77. The number of aromatic carboxylic acids is 1. The van der Waals surface area contributed by atoms with Gasteiger partial charge >= 0.3 is 29.8 Å². The van der Waals surface area contributed by atoms with E-state index < -0.39 is 60.6 Å². The lowest BCUT2D eigenvalue weighted by molar-refractivity contribution is -0.298. The Hall–Kier alpha value is -4.55. The van der Waals surface area contributed by atoms with Crippen molar-refractivity contribution in [1.29, 1.82) is 0 Å². The van der Waals surface area contributed by atoms with E-state index in [-0.39, 0.29) is 5.56 Å². The maximum absolute atomic E-state index is 12.2. The standard InChI is InChI=1S/C32H32O11S/c1-16-6-7-23(14-24(16)15-25-12-13-26(44-25)21-8-10-22(11-9-21)31(37)38)27-28(39-17(2)33)29(40-18(3)34)30(41-19(4)35)32(43-27)42-20(5)36/h6-14,27-30,32H,15H2,1-5H3,(H,37,38)/t27?,28-,29+,30-,32-/m0/s1. The van der Waals surface area contributed by atoms with Gasteiger partial charge in [-0.05, 0) is 53.4 Å². The minimum absolute atomic E-state index is 0.209. The Balaban J connectivity index is 1.69. The van der Waals surface area contributed by atoms with Gasteiger partial charge in [-0.15, -0.1) is 11.3 Å². The summed E-state index contributed by atoms with van der Waals surface area (Å²) in [5, 5.41) is 9.18. The van der Waals surface area contributed by atoms with Crippen LogP contribution in [0.1, 0.15) is 65.7 Å². The summed E-state index contributed by atoms with van der Waals surface area (Å²) in [7, 11) is 0. The molecular weight excluding hydrogens is 592 g/mol. The lowest BCUT2D eigenvalue weighted by Gasteiger charge is -2.44. The highest BCUT2D eigenvalue weighted by Gasteiger charge is 2.53. The summed E-state index contributed by atoms with van der Waals surface area (Å²) in [4.78, 5) is 61.5. The van der Waals surface area contributed by atoms with Crippen LogP contribution in [0.25, 0.3) is 10.4 Å². The number of carbonyl (C=O) groups excluding carboxylic acids is 4. The Labute approximate surface area is 257 Å². The Morgan fingerprint density at radius 1 is 0.750 bits per heavy atom. The van der Waals surface area contributed by atoms with Crippen molar-refractivity contribution >= 4 is 41.2 Å². The first-order chi connectivity index (χ1) is 20.8. The molecule has 0 saturated carbocycles. The Morgan fingerprint density at radius 2 is 1.34 bits per heavy atom. The number of carboxylic acid groups (broad SMARTS) is 1. The van der Waals surface area contributed by atoms with Gasteiger partial charge in [0.1, 0.15) is 6.10 Å². The lowest BCUT2D eigenvalue weighted by atomic mass is 9.90. The van der Waals surface area contributed by atoms with E-state index in [0.29, 0.717) is 12.0 Å². The molecule has 3 aromatic rings. The molecule has 12 heteroatoms. The van der Waals surface area contributed by atoms with Crippen LogP contribution >= 0.6 is 11.3 Å². The molecule has 1 N–H and O–H groups in total. The molecule has 11 nitrogen and oxygen atoms in total. The second-order valence-electron chi connectivity index (χ2n) is 10.3. The highest BCUT2D eigenvalue weighted by Crippen LogP contribution is 2.39. The second kappa shape index (κ2) is 13.8. The molecule has 0 amide bonds. The summed E-state index contributed by atoms with van der Waals surface area (Å²) in [6, 6.07) is 16.1. The van der Waals surface area contributed by atoms with Crippen LogP contribution in [0.15, 0.2) is 54.6 Å². The smallest absolute Gasteiger partial charge is 0.335 e. The fraction of sp³-hybridized carbons (Fsp3) is 0.344. The zero-order chi connectivity index (χ0) is 32.1. The average molecular weight is 625 g/mol. The van der Waals surface area contributed by atoms with Crippen LogP contribution in [0, 0.1) is 6.92 Å². The number of thiophene rings is 1. The largest absolute Gasteiger partial charge is 0.478 e. The first kappa shape index (κ1) is 32.4. The second-order valence-corrected chi connectivity index (χ2v) is 11.4. The van der Waals surface area contributed by atoms with Crippen LogP contribution in [0.2, 0.25) is 0 Å². The number of esters is 4. The molecule has 1 saturated heterocycles. The van der Waals surface area contributed by atoms with Crippen LogP contribution in [0.3, 0.4) is 0 Å². The van der Waals surface area contributed by atoms with E-state index in [2.05, 4.69) is 0 Å². The number of hydrogen-bond acceptors (Lipinski definition) is 11. The number of carbonyl (C=O) groups is 5. The molecule has 1 unspecified atom stereocenters. The SMILES string of the molecule is CC(=O)O[C@H]1OC(c2ccc(C)c(Cc3ccc(-c4ccc(C(=O)O)cc4)s3)c2)[C@H](OC(C)=O)[C@@H](OC(C)=O)[C@@H]1OC(C)=O. The molecule has 1 fully saturated rings. The number of rotatable bonds is 9. The fourth-order valence-electron chi connectivity index (χ4n) is 4.95. The molecule has 0 radical (unpaired) electrons. The van der Waals surface area contributed by atoms with Gasteiger partial charge in [0, 0.05) is 43.9 Å². The molecule has 1 aromatic heterocycles. The van der Waals surface area contributed by atoms with Gasteiger partial charge in [-0.25, -0.2) is 4.79 Å². The van der Waals surface area contributed by atoms with E-state index in [1.54, 1.807) is 41.7 Å². The Kier molecular flexibility index (Phi) is 10.2. The van der Waals surface area contributed by atoms with Crippen molar-refractivity contribution in [2.24, 2.45) is 0 Å². The highest BCUT2D eigenvalue weighted by atomic mass is 32.1. The van der Waals surface area contributed by atoms with E-state index in [0.717, 1.165) is 47.2 Å². The van der Waals surface area contributed by atoms with Crippen LogP contribution in [-0.4, -0.2) is 59.6 Å². The Morgan fingerprint density at radius 3 is 1.93 bits per heavy atom. The van der Waals surface area contributed by atoms with Crippen LogP contribution in [0.5, 0.6) is 0 Å². The molecule has 1 aliphatic rings. The number of ether oxygens (including phenoxy) is 5.